The van der Waals surface area contributed by atoms with Crippen molar-refractivity contribution in [1.82, 2.24) is 0 Å². The van der Waals surface area contributed by atoms with Crippen LogP contribution in [0.25, 0.3) is 0 Å². The van der Waals surface area contributed by atoms with Gasteiger partial charge in [0.1, 0.15) is 0 Å². The lowest BCUT2D eigenvalue weighted by Gasteiger charge is -2.76. The molecule has 0 aromatic heterocycles. The highest BCUT2D eigenvalue weighted by atomic mass is 14.8. The third-order valence-corrected chi connectivity index (χ3v) is 10.4. The van der Waals surface area contributed by atoms with E-state index in [4.69, 9.17) is 6.42 Å². The SMILES string of the molecule is C#CC12CC3CC(C)(C1)CC(C14CC5CC(C)(CC(C)(C5)C1)C4)(C3)C2. The van der Waals surface area contributed by atoms with E-state index in [0.29, 0.717) is 27.1 Å². The molecule has 8 aliphatic carbocycles. The first-order chi connectivity index (χ1) is 11.6. The number of terminal acetylenes is 1. The van der Waals surface area contributed by atoms with Gasteiger partial charge in [-0.15, -0.1) is 6.42 Å². The highest BCUT2D eigenvalue weighted by molar-refractivity contribution is 5.26. The predicted molar refractivity (Wildman–Crippen MR) is 103 cm³/mol. The second kappa shape index (κ2) is 4.03. The standard InChI is InChI=1S/C25H36/c1-5-23-9-19-8-22(4,13-23)16-25(11-19,17-23)24-10-18-6-20(2,14-24)12-21(3,7-18)15-24/h1,18-19H,6-17H2,2-4H3. The molecule has 0 heteroatoms. The minimum absolute atomic E-state index is 0.263. The fraction of sp³-hybridized carbons (Fsp3) is 0.920. The van der Waals surface area contributed by atoms with Crippen molar-refractivity contribution in [3.05, 3.63) is 0 Å². The predicted octanol–water partition coefficient (Wildman–Crippen LogP) is 6.59. The van der Waals surface area contributed by atoms with Gasteiger partial charge >= 0.3 is 0 Å². The summed E-state index contributed by atoms with van der Waals surface area (Å²) in [5, 5.41) is 0. The molecule has 0 aliphatic heterocycles. The Kier molecular flexibility index (Phi) is 2.51. The lowest BCUT2D eigenvalue weighted by Crippen LogP contribution is -2.67. The van der Waals surface area contributed by atoms with Gasteiger partial charge in [-0.2, -0.15) is 0 Å². The molecule has 6 unspecified atom stereocenters. The van der Waals surface area contributed by atoms with Crippen LogP contribution in [-0.2, 0) is 0 Å². The van der Waals surface area contributed by atoms with E-state index in [1.165, 1.54) is 70.6 Å². The minimum atomic E-state index is 0.263. The van der Waals surface area contributed by atoms with E-state index in [0.717, 1.165) is 11.8 Å². The van der Waals surface area contributed by atoms with Crippen LogP contribution >= 0.6 is 0 Å². The van der Waals surface area contributed by atoms with E-state index in [9.17, 15) is 0 Å². The summed E-state index contributed by atoms with van der Waals surface area (Å²) in [5.41, 5.74) is 3.33. The van der Waals surface area contributed by atoms with Gasteiger partial charge in [-0.1, -0.05) is 26.7 Å². The van der Waals surface area contributed by atoms with Gasteiger partial charge in [0.05, 0.1) is 0 Å². The molecule has 25 heavy (non-hydrogen) atoms. The summed E-state index contributed by atoms with van der Waals surface area (Å²) in [6.07, 6.45) is 24.0. The molecule has 8 aliphatic rings. The summed E-state index contributed by atoms with van der Waals surface area (Å²) in [6.45, 7) is 7.93. The van der Waals surface area contributed by atoms with Crippen LogP contribution in [-0.4, -0.2) is 0 Å². The van der Waals surface area contributed by atoms with Crippen LogP contribution in [0.4, 0.5) is 0 Å². The lowest BCUT2D eigenvalue weighted by atomic mass is 9.28. The number of rotatable bonds is 1. The first-order valence-corrected chi connectivity index (χ1v) is 11.1. The maximum atomic E-state index is 6.24. The van der Waals surface area contributed by atoms with Crippen molar-refractivity contribution in [2.75, 3.05) is 0 Å². The summed E-state index contributed by atoms with van der Waals surface area (Å²) in [4.78, 5) is 0. The maximum absolute atomic E-state index is 6.24. The van der Waals surface area contributed by atoms with E-state index in [1.807, 2.05) is 0 Å². The largest absolute Gasteiger partial charge is 0.120 e. The maximum Gasteiger partial charge on any atom is 0.0325 e. The van der Waals surface area contributed by atoms with Crippen LogP contribution in [0.3, 0.4) is 0 Å². The Balaban J connectivity index is 1.50. The molecule has 8 fully saturated rings. The van der Waals surface area contributed by atoms with Crippen molar-refractivity contribution in [2.24, 2.45) is 44.3 Å². The zero-order valence-electron chi connectivity index (χ0n) is 16.7. The second-order valence-electron chi connectivity index (χ2n) is 13.4. The summed E-state index contributed by atoms with van der Waals surface area (Å²) in [5.74, 6) is 5.37. The van der Waals surface area contributed by atoms with Gasteiger partial charge in [-0.3, -0.25) is 0 Å². The molecule has 8 saturated carbocycles. The normalized spacial score (nSPS) is 66.8. The van der Waals surface area contributed by atoms with Gasteiger partial charge in [0, 0.05) is 5.41 Å². The minimum Gasteiger partial charge on any atom is -0.120 e. The molecule has 0 saturated heterocycles. The highest BCUT2D eigenvalue weighted by Crippen LogP contribution is 2.81. The fourth-order valence-electron chi connectivity index (χ4n) is 11.7. The molecule has 0 N–H and O–H groups in total. The summed E-state index contributed by atoms with van der Waals surface area (Å²) >= 11 is 0. The zero-order valence-corrected chi connectivity index (χ0v) is 16.7. The number of hydrogen-bond donors (Lipinski definition) is 0. The van der Waals surface area contributed by atoms with E-state index >= 15 is 0 Å². The highest BCUT2D eigenvalue weighted by Gasteiger charge is 2.72. The van der Waals surface area contributed by atoms with Gasteiger partial charge in [-0.05, 0) is 116 Å². The van der Waals surface area contributed by atoms with Crippen molar-refractivity contribution in [2.45, 2.75) is 97.8 Å². The van der Waals surface area contributed by atoms with Crippen LogP contribution in [0.2, 0.25) is 0 Å². The van der Waals surface area contributed by atoms with Gasteiger partial charge < -0.3 is 0 Å². The van der Waals surface area contributed by atoms with Crippen LogP contribution in [0.1, 0.15) is 97.8 Å². The molecule has 136 valence electrons. The first-order valence-electron chi connectivity index (χ1n) is 11.1. The summed E-state index contributed by atoms with van der Waals surface area (Å²) in [6, 6.07) is 0. The van der Waals surface area contributed by atoms with Crippen LogP contribution in [0.5, 0.6) is 0 Å². The molecule has 0 aromatic carbocycles. The van der Waals surface area contributed by atoms with E-state index in [-0.39, 0.29) is 5.41 Å². The molecule has 0 aromatic rings. The van der Waals surface area contributed by atoms with Gasteiger partial charge in [0.15, 0.2) is 0 Å². The van der Waals surface area contributed by atoms with Crippen LogP contribution in [0.15, 0.2) is 0 Å². The molecule has 6 atom stereocenters. The van der Waals surface area contributed by atoms with Crippen LogP contribution in [0, 0.1) is 56.7 Å². The molecular weight excluding hydrogens is 300 g/mol. The smallest absolute Gasteiger partial charge is 0.0325 e. The Bertz CT molecular complexity index is 677. The summed E-state index contributed by atoms with van der Waals surface area (Å²) < 4.78 is 0. The van der Waals surface area contributed by atoms with Crippen molar-refractivity contribution < 1.29 is 0 Å². The molecule has 0 radical (unpaired) electrons. The van der Waals surface area contributed by atoms with Crippen LogP contribution < -0.4 is 0 Å². The van der Waals surface area contributed by atoms with Crippen molar-refractivity contribution >= 4 is 0 Å². The molecular formula is C25H36. The monoisotopic (exact) mass is 336 g/mol. The molecule has 0 spiro atoms. The first kappa shape index (κ1) is 15.6. The van der Waals surface area contributed by atoms with Gasteiger partial charge in [-0.25, -0.2) is 0 Å². The molecule has 8 rings (SSSR count). The number of hydrogen-bond acceptors (Lipinski definition) is 0. The molecule has 0 amide bonds. The second-order valence-corrected chi connectivity index (χ2v) is 13.4. The Morgan fingerprint density at radius 3 is 1.56 bits per heavy atom. The topological polar surface area (TPSA) is 0 Å². The lowest BCUT2D eigenvalue weighted by molar-refractivity contribution is -0.258. The van der Waals surface area contributed by atoms with E-state index in [2.05, 4.69) is 26.7 Å². The molecule has 8 bridgehead atoms. The Morgan fingerprint density at radius 1 is 0.600 bits per heavy atom. The molecule has 0 heterocycles. The quantitative estimate of drug-likeness (QED) is 0.474. The van der Waals surface area contributed by atoms with Gasteiger partial charge in [0.2, 0.25) is 0 Å². The summed E-state index contributed by atoms with van der Waals surface area (Å²) in [7, 11) is 0. The average Bonchev–Trinajstić information content (AvgIpc) is 2.40. The van der Waals surface area contributed by atoms with E-state index < -0.39 is 0 Å². The molecule has 0 nitrogen and oxygen atoms in total. The Morgan fingerprint density at radius 2 is 1.08 bits per heavy atom. The van der Waals surface area contributed by atoms with E-state index in [1.54, 1.807) is 6.42 Å². The third-order valence-electron chi connectivity index (χ3n) is 10.4. The van der Waals surface area contributed by atoms with Crippen molar-refractivity contribution in [3.63, 3.8) is 0 Å². The third kappa shape index (κ3) is 1.82. The Labute approximate surface area is 154 Å². The van der Waals surface area contributed by atoms with Gasteiger partial charge in [0.25, 0.3) is 0 Å². The Hall–Kier alpha value is -0.440. The zero-order chi connectivity index (χ0) is 17.3. The van der Waals surface area contributed by atoms with Crippen molar-refractivity contribution in [3.8, 4) is 12.3 Å². The fourth-order valence-corrected chi connectivity index (χ4v) is 11.7. The average molecular weight is 337 g/mol. The van der Waals surface area contributed by atoms with Crippen molar-refractivity contribution in [1.29, 1.82) is 0 Å².